The molecule has 3 saturated carbocycles. The topological polar surface area (TPSA) is 177 Å². The van der Waals surface area contributed by atoms with Crippen LogP contribution in [0.15, 0.2) is 16.8 Å². The van der Waals surface area contributed by atoms with Crippen LogP contribution in [0.3, 0.4) is 0 Å². The number of oxime groups is 1. The number of carboxylic acids is 1. The van der Waals surface area contributed by atoms with Crippen LogP contribution in [-0.2, 0) is 19.2 Å². The number of aliphatic hydroxyl groups is 4. The van der Waals surface area contributed by atoms with Crippen LogP contribution in [0.1, 0.15) is 65.2 Å². The second kappa shape index (κ2) is 9.94. The molecule has 0 spiro atoms. The SMILES string of the molecule is C[C@]12CC/C(=N\OCC(=O)N3C[C@H](O)C[C@H]3C(=O)O)C=C1CC[C@@H]1[C@@H]2[C@H](O)C[C@@]2(C)[C@@H]1CC[C@]2(O)C(=O)CO. The molecular formula is C28H40N2O9. The molecule has 0 bridgehead atoms. The van der Waals surface area contributed by atoms with E-state index in [1.54, 1.807) is 0 Å². The summed E-state index contributed by atoms with van der Waals surface area (Å²) in [7, 11) is 0. The predicted octanol–water partition coefficient (Wildman–Crippen LogP) is 0.631. The van der Waals surface area contributed by atoms with Gasteiger partial charge in [-0.1, -0.05) is 24.6 Å². The number of hydrogen-bond donors (Lipinski definition) is 5. The molecule has 0 aromatic carbocycles. The van der Waals surface area contributed by atoms with E-state index in [0.717, 1.165) is 24.2 Å². The lowest BCUT2D eigenvalue weighted by atomic mass is 9.45. The molecule has 9 atom stereocenters. The molecule has 11 heteroatoms. The van der Waals surface area contributed by atoms with Crippen molar-refractivity contribution < 1.29 is 44.8 Å². The van der Waals surface area contributed by atoms with Gasteiger partial charge in [0.15, 0.2) is 12.4 Å². The van der Waals surface area contributed by atoms with Crippen molar-refractivity contribution in [1.29, 1.82) is 0 Å². The lowest BCUT2D eigenvalue weighted by molar-refractivity contribution is -0.181. The van der Waals surface area contributed by atoms with Crippen molar-refractivity contribution >= 4 is 23.4 Å². The molecule has 0 radical (unpaired) electrons. The maximum absolute atomic E-state index is 12.6. The van der Waals surface area contributed by atoms with Gasteiger partial charge in [0.1, 0.15) is 18.2 Å². The maximum atomic E-state index is 12.6. The Hall–Kier alpha value is -2.34. The van der Waals surface area contributed by atoms with Gasteiger partial charge < -0.3 is 35.3 Å². The zero-order chi connectivity index (χ0) is 28.3. The number of rotatable bonds is 6. The Kier molecular flexibility index (Phi) is 7.18. The third-order valence-electron chi connectivity index (χ3n) is 10.9. The summed E-state index contributed by atoms with van der Waals surface area (Å²) in [4.78, 5) is 42.9. The van der Waals surface area contributed by atoms with E-state index in [0.29, 0.717) is 31.4 Å². The molecule has 5 N–H and O–H groups in total. The van der Waals surface area contributed by atoms with Crippen molar-refractivity contribution in [3.8, 4) is 0 Å². The lowest BCUT2D eigenvalue weighted by Crippen LogP contribution is -2.62. The molecule has 1 amide bonds. The van der Waals surface area contributed by atoms with Gasteiger partial charge in [-0.15, -0.1) is 0 Å². The molecule has 1 aliphatic heterocycles. The number of allylic oxidation sites excluding steroid dienone is 2. The fourth-order valence-corrected chi connectivity index (χ4v) is 8.94. The number of fused-ring (bicyclic) bond motifs is 5. The van der Waals surface area contributed by atoms with Crippen LogP contribution >= 0.6 is 0 Å². The van der Waals surface area contributed by atoms with Gasteiger partial charge in [-0.3, -0.25) is 9.59 Å². The summed E-state index contributed by atoms with van der Waals surface area (Å²) in [5.74, 6) is -2.06. The highest BCUT2D eigenvalue weighted by Crippen LogP contribution is 2.67. The number of carbonyl (C=O) groups is 3. The summed E-state index contributed by atoms with van der Waals surface area (Å²) < 4.78 is 0. The maximum Gasteiger partial charge on any atom is 0.326 e. The highest BCUT2D eigenvalue weighted by atomic mass is 16.6. The van der Waals surface area contributed by atoms with E-state index >= 15 is 0 Å². The van der Waals surface area contributed by atoms with Crippen LogP contribution in [0.25, 0.3) is 0 Å². The van der Waals surface area contributed by atoms with Crippen LogP contribution in [-0.4, -0.2) is 97.4 Å². The molecule has 4 fully saturated rings. The minimum absolute atomic E-state index is 0.00861. The minimum Gasteiger partial charge on any atom is -0.480 e. The standard InChI is InChI=1S/C28H40N2O9/c1-26-7-5-16(29-39-14-23(35)30-12-17(32)10-20(30)25(36)37)9-15(26)3-4-18-19-6-8-28(38,22(34)13-31)27(19,2)11-21(33)24(18)26/h9,17-21,24,31-33,38H,3-8,10-14H2,1-2H3,(H,36,37)/b29-16+/t17-,18+,19-,20+,21-,24-,26+,27+,28+/m1/s1. The molecular weight excluding hydrogens is 508 g/mol. The van der Waals surface area contributed by atoms with Crippen molar-refractivity contribution in [3.05, 3.63) is 11.6 Å². The lowest BCUT2D eigenvalue weighted by Gasteiger charge is -2.60. The molecule has 216 valence electrons. The Morgan fingerprint density at radius 2 is 1.90 bits per heavy atom. The van der Waals surface area contributed by atoms with Crippen LogP contribution in [0.2, 0.25) is 0 Å². The smallest absolute Gasteiger partial charge is 0.326 e. The number of Topliss-reactive ketones (excluding diaryl/α,β-unsaturated/α-hetero) is 1. The second-order valence-corrected chi connectivity index (χ2v) is 12.7. The third kappa shape index (κ3) is 4.32. The number of ketones is 1. The number of likely N-dealkylation sites (tertiary alicyclic amines) is 1. The Morgan fingerprint density at radius 3 is 2.59 bits per heavy atom. The van der Waals surface area contributed by atoms with Crippen molar-refractivity contribution in [2.45, 2.75) is 89.1 Å². The zero-order valence-corrected chi connectivity index (χ0v) is 22.6. The summed E-state index contributed by atoms with van der Waals surface area (Å²) in [5, 5.41) is 55.6. The van der Waals surface area contributed by atoms with Crippen molar-refractivity contribution in [1.82, 2.24) is 4.90 Å². The highest BCUT2D eigenvalue weighted by Gasteiger charge is 2.68. The number of carbonyl (C=O) groups excluding carboxylic acids is 2. The van der Waals surface area contributed by atoms with E-state index in [-0.39, 0.29) is 36.1 Å². The number of β-amino-alcohol motifs (C(OH)–C–C–N with tert-alkyl or cyclic N) is 1. The summed E-state index contributed by atoms with van der Waals surface area (Å²) in [6.07, 6.45) is 4.61. The number of aliphatic hydroxyl groups excluding tert-OH is 3. The monoisotopic (exact) mass is 548 g/mol. The summed E-state index contributed by atoms with van der Waals surface area (Å²) in [6, 6.07) is -1.07. The minimum atomic E-state index is -1.62. The molecule has 1 saturated heterocycles. The van der Waals surface area contributed by atoms with E-state index in [2.05, 4.69) is 12.1 Å². The van der Waals surface area contributed by atoms with Crippen molar-refractivity contribution in [2.75, 3.05) is 19.8 Å². The number of nitrogens with zero attached hydrogens (tertiary/aromatic N) is 2. The largest absolute Gasteiger partial charge is 0.480 e. The molecule has 1 heterocycles. The molecule has 11 nitrogen and oxygen atoms in total. The van der Waals surface area contributed by atoms with Crippen molar-refractivity contribution in [3.63, 3.8) is 0 Å². The van der Waals surface area contributed by atoms with E-state index in [9.17, 15) is 39.9 Å². The van der Waals surface area contributed by atoms with Gasteiger partial charge in [0.25, 0.3) is 5.91 Å². The van der Waals surface area contributed by atoms with Gasteiger partial charge in [-0.25, -0.2) is 4.79 Å². The van der Waals surface area contributed by atoms with Gasteiger partial charge in [0, 0.05) is 18.4 Å². The summed E-state index contributed by atoms with van der Waals surface area (Å²) in [5.41, 5.74) is -0.824. The number of hydrogen-bond acceptors (Lipinski definition) is 9. The molecule has 4 aliphatic carbocycles. The fraction of sp³-hybridized carbons (Fsp3) is 0.786. The van der Waals surface area contributed by atoms with Gasteiger partial charge in [-0.2, -0.15) is 0 Å². The summed E-state index contributed by atoms with van der Waals surface area (Å²) >= 11 is 0. The average Bonchev–Trinajstić information content (AvgIpc) is 3.41. The molecule has 0 unspecified atom stereocenters. The Morgan fingerprint density at radius 1 is 1.15 bits per heavy atom. The Balaban J connectivity index is 1.29. The Bertz CT molecular complexity index is 1110. The number of amides is 1. The quantitative estimate of drug-likeness (QED) is 0.298. The normalized spacial score (nSPS) is 44.3. The molecule has 0 aromatic heterocycles. The van der Waals surface area contributed by atoms with Crippen LogP contribution in [0.5, 0.6) is 0 Å². The zero-order valence-electron chi connectivity index (χ0n) is 22.6. The van der Waals surface area contributed by atoms with Crippen LogP contribution in [0, 0.1) is 28.6 Å². The molecule has 5 rings (SSSR count). The number of carboxylic acid groups (broad SMARTS) is 1. The van der Waals surface area contributed by atoms with E-state index < -0.39 is 60.1 Å². The summed E-state index contributed by atoms with van der Waals surface area (Å²) in [6.45, 7) is 2.91. The first-order valence-corrected chi connectivity index (χ1v) is 14.0. The van der Waals surface area contributed by atoms with Crippen LogP contribution in [0.4, 0.5) is 0 Å². The van der Waals surface area contributed by atoms with Gasteiger partial charge >= 0.3 is 5.97 Å². The third-order valence-corrected chi connectivity index (χ3v) is 10.9. The molecule has 5 aliphatic rings. The molecule has 39 heavy (non-hydrogen) atoms. The predicted molar refractivity (Wildman–Crippen MR) is 137 cm³/mol. The number of aliphatic carboxylic acids is 1. The second-order valence-electron chi connectivity index (χ2n) is 12.7. The van der Waals surface area contributed by atoms with Crippen molar-refractivity contribution in [2.24, 2.45) is 33.7 Å². The van der Waals surface area contributed by atoms with Crippen LogP contribution < -0.4 is 0 Å². The van der Waals surface area contributed by atoms with Gasteiger partial charge in [-0.05, 0) is 74.2 Å². The average molecular weight is 549 g/mol. The first-order valence-electron chi connectivity index (χ1n) is 14.0. The van der Waals surface area contributed by atoms with Gasteiger partial charge in [0.05, 0.1) is 17.9 Å². The van der Waals surface area contributed by atoms with E-state index in [4.69, 9.17) is 4.84 Å². The fourth-order valence-electron chi connectivity index (χ4n) is 8.94. The van der Waals surface area contributed by atoms with E-state index in [1.807, 2.05) is 13.0 Å². The Labute approximate surface area is 227 Å². The molecule has 0 aromatic rings. The first kappa shape index (κ1) is 28.2. The first-order chi connectivity index (χ1) is 18.4. The highest BCUT2D eigenvalue weighted by molar-refractivity contribution is 5.96. The van der Waals surface area contributed by atoms with E-state index in [1.165, 1.54) is 5.57 Å². The van der Waals surface area contributed by atoms with Gasteiger partial charge in [0.2, 0.25) is 0 Å².